The second-order valence-corrected chi connectivity index (χ2v) is 16.1. The highest BCUT2D eigenvalue weighted by molar-refractivity contribution is 5.98. The maximum atomic E-state index is 13.9. The SMILES string of the molecule is CC(C)[C@H](NC(=O)C(Cc1ccccc1)Cc1ccccc1)C(=O)N[C@H](C(=O)N[C@@H](CC(N)=O)C(=O)N[C@@H](CC(=O)O)C(=O)N[C@@H](CC(C)(C)C)C(=O)O)C(C)C. The summed E-state index contributed by atoms with van der Waals surface area (Å²) in [4.78, 5) is 103. The fourth-order valence-electron chi connectivity index (χ4n) is 6.05. The number of amides is 6. The van der Waals surface area contributed by atoms with Crippen LogP contribution in [0.25, 0.3) is 0 Å². The molecule has 0 saturated heterocycles. The quantitative estimate of drug-likeness (QED) is 0.0855. The van der Waals surface area contributed by atoms with Gasteiger partial charge in [-0.2, -0.15) is 0 Å². The summed E-state index contributed by atoms with van der Waals surface area (Å²) in [5.41, 5.74) is 6.70. The Hall–Kier alpha value is -5.80. The Morgan fingerprint density at radius 3 is 1.33 bits per heavy atom. The van der Waals surface area contributed by atoms with Crippen molar-refractivity contribution in [1.82, 2.24) is 26.6 Å². The van der Waals surface area contributed by atoms with Gasteiger partial charge in [-0.15, -0.1) is 0 Å². The zero-order valence-corrected chi connectivity index (χ0v) is 33.7. The first-order valence-electron chi connectivity index (χ1n) is 18.9. The van der Waals surface area contributed by atoms with Crippen molar-refractivity contribution in [2.45, 2.75) is 111 Å². The number of hydrogen-bond donors (Lipinski definition) is 8. The van der Waals surface area contributed by atoms with Crippen molar-refractivity contribution >= 4 is 47.4 Å². The Labute approximate surface area is 333 Å². The third-order valence-corrected chi connectivity index (χ3v) is 9.00. The molecular weight excluding hydrogens is 736 g/mol. The van der Waals surface area contributed by atoms with E-state index >= 15 is 0 Å². The number of rotatable bonds is 22. The molecule has 16 heteroatoms. The van der Waals surface area contributed by atoms with E-state index in [9.17, 15) is 48.6 Å². The molecule has 0 spiro atoms. The van der Waals surface area contributed by atoms with E-state index in [-0.39, 0.29) is 12.3 Å². The molecule has 2 aromatic carbocycles. The molecule has 0 aliphatic rings. The van der Waals surface area contributed by atoms with Crippen LogP contribution in [0, 0.1) is 23.2 Å². The largest absolute Gasteiger partial charge is 0.481 e. The lowest BCUT2D eigenvalue weighted by Crippen LogP contribution is -2.61. The minimum atomic E-state index is -1.80. The third kappa shape index (κ3) is 16.8. The van der Waals surface area contributed by atoms with E-state index in [0.29, 0.717) is 12.8 Å². The summed E-state index contributed by atoms with van der Waals surface area (Å²) in [5.74, 6) is -9.68. The zero-order valence-electron chi connectivity index (χ0n) is 33.7. The second kappa shape index (κ2) is 22.1. The molecule has 312 valence electrons. The van der Waals surface area contributed by atoms with Gasteiger partial charge in [-0.05, 0) is 47.6 Å². The van der Waals surface area contributed by atoms with Gasteiger partial charge in [0.1, 0.15) is 30.2 Å². The van der Waals surface area contributed by atoms with E-state index in [1.54, 1.807) is 48.5 Å². The van der Waals surface area contributed by atoms with E-state index in [0.717, 1.165) is 11.1 Å². The molecule has 2 aromatic rings. The van der Waals surface area contributed by atoms with E-state index in [2.05, 4.69) is 26.6 Å². The monoisotopic (exact) mass is 794 g/mol. The van der Waals surface area contributed by atoms with Gasteiger partial charge in [0.25, 0.3) is 0 Å². The number of hydrogen-bond acceptors (Lipinski definition) is 8. The lowest BCUT2D eigenvalue weighted by Gasteiger charge is -2.29. The summed E-state index contributed by atoms with van der Waals surface area (Å²) in [6.07, 6.45) is -0.940. The number of carboxylic acid groups (broad SMARTS) is 2. The first-order chi connectivity index (χ1) is 26.6. The van der Waals surface area contributed by atoms with Gasteiger partial charge in [-0.25, -0.2) is 4.79 Å². The van der Waals surface area contributed by atoms with E-state index in [1.807, 2.05) is 60.7 Å². The third-order valence-electron chi connectivity index (χ3n) is 9.00. The zero-order chi connectivity index (χ0) is 43.0. The number of carbonyl (C=O) groups is 8. The average Bonchev–Trinajstić information content (AvgIpc) is 3.11. The van der Waals surface area contributed by atoms with Crippen molar-refractivity contribution in [2.24, 2.45) is 28.9 Å². The first-order valence-corrected chi connectivity index (χ1v) is 18.9. The second-order valence-electron chi connectivity index (χ2n) is 16.1. The molecule has 5 atom stereocenters. The van der Waals surface area contributed by atoms with Crippen molar-refractivity contribution in [1.29, 1.82) is 0 Å². The Kier molecular flexibility index (Phi) is 18.3. The van der Waals surface area contributed by atoms with Crippen molar-refractivity contribution in [2.75, 3.05) is 0 Å². The van der Waals surface area contributed by atoms with Gasteiger partial charge < -0.3 is 42.5 Å². The van der Waals surface area contributed by atoms with Gasteiger partial charge >= 0.3 is 11.9 Å². The Balaban J connectivity index is 2.28. The minimum Gasteiger partial charge on any atom is -0.481 e. The number of nitrogens with two attached hydrogens (primary N) is 1. The van der Waals surface area contributed by atoms with Crippen LogP contribution in [0.2, 0.25) is 0 Å². The molecule has 0 aromatic heterocycles. The molecule has 0 unspecified atom stereocenters. The molecule has 0 aliphatic carbocycles. The van der Waals surface area contributed by atoms with Crippen LogP contribution in [0.1, 0.15) is 78.9 Å². The molecular formula is C41H58N6O10. The van der Waals surface area contributed by atoms with E-state index < -0.39 is 108 Å². The van der Waals surface area contributed by atoms with Crippen LogP contribution < -0.4 is 32.3 Å². The van der Waals surface area contributed by atoms with Gasteiger partial charge in [0.15, 0.2) is 0 Å². The fourth-order valence-corrected chi connectivity index (χ4v) is 6.05. The molecule has 0 bridgehead atoms. The topological polar surface area (TPSA) is 263 Å². The summed E-state index contributed by atoms with van der Waals surface area (Å²) < 4.78 is 0. The van der Waals surface area contributed by atoms with Crippen molar-refractivity contribution in [3.63, 3.8) is 0 Å². The molecule has 6 amide bonds. The Bertz CT molecular complexity index is 1670. The maximum absolute atomic E-state index is 13.9. The lowest BCUT2D eigenvalue weighted by molar-refractivity contribution is -0.144. The molecule has 57 heavy (non-hydrogen) atoms. The normalized spacial score (nSPS) is 14.1. The maximum Gasteiger partial charge on any atom is 0.326 e. The highest BCUT2D eigenvalue weighted by Gasteiger charge is 2.36. The smallest absolute Gasteiger partial charge is 0.326 e. The predicted molar refractivity (Wildman–Crippen MR) is 211 cm³/mol. The fraction of sp³-hybridized carbons (Fsp3) is 0.512. The van der Waals surface area contributed by atoms with Crippen LogP contribution in [-0.2, 0) is 51.2 Å². The molecule has 2 rings (SSSR count). The summed E-state index contributed by atoms with van der Waals surface area (Å²) in [5, 5.41) is 31.5. The van der Waals surface area contributed by atoms with E-state index in [1.165, 1.54) is 0 Å². The Morgan fingerprint density at radius 1 is 0.561 bits per heavy atom. The van der Waals surface area contributed by atoms with Crippen molar-refractivity contribution in [3.05, 3.63) is 71.8 Å². The minimum absolute atomic E-state index is 0.0201. The number of nitrogens with one attached hydrogen (secondary N) is 5. The van der Waals surface area contributed by atoms with E-state index in [4.69, 9.17) is 5.73 Å². The van der Waals surface area contributed by atoms with Crippen molar-refractivity contribution in [3.8, 4) is 0 Å². The van der Waals surface area contributed by atoms with Crippen molar-refractivity contribution < 1.29 is 48.6 Å². The van der Waals surface area contributed by atoms with Gasteiger partial charge in [0.2, 0.25) is 35.4 Å². The summed E-state index contributed by atoms with van der Waals surface area (Å²) in [7, 11) is 0. The highest BCUT2D eigenvalue weighted by atomic mass is 16.4. The number of carbonyl (C=O) groups excluding carboxylic acids is 6. The summed E-state index contributed by atoms with van der Waals surface area (Å²) >= 11 is 0. The Morgan fingerprint density at radius 2 is 0.947 bits per heavy atom. The lowest BCUT2D eigenvalue weighted by atomic mass is 9.88. The van der Waals surface area contributed by atoms with Crippen LogP contribution in [0.5, 0.6) is 0 Å². The molecule has 0 fully saturated rings. The van der Waals surface area contributed by atoms with Gasteiger partial charge in [-0.1, -0.05) is 109 Å². The molecule has 0 radical (unpaired) electrons. The number of benzene rings is 2. The number of carboxylic acids is 2. The van der Waals surface area contributed by atoms with Crippen LogP contribution in [0.3, 0.4) is 0 Å². The predicted octanol–water partition coefficient (Wildman–Crippen LogP) is 1.69. The van der Waals surface area contributed by atoms with Crippen LogP contribution >= 0.6 is 0 Å². The molecule has 0 aliphatic heterocycles. The molecule has 0 saturated carbocycles. The summed E-state index contributed by atoms with van der Waals surface area (Å²) in [6, 6.07) is 11.6. The van der Waals surface area contributed by atoms with Gasteiger partial charge in [0, 0.05) is 5.92 Å². The van der Waals surface area contributed by atoms with Crippen LogP contribution in [0.4, 0.5) is 0 Å². The molecule has 16 nitrogen and oxygen atoms in total. The standard InChI is InChI=1S/C41H58N6O10/c1-23(2)33(47-39(55)34(24(3)4)46-35(51)27(18-25-14-10-8-11-15-25)19-26-16-12-9-13-17-26)38(54)44-28(20-31(42)48)36(52)43-29(21-32(49)50)37(53)45-30(40(56)57)22-41(5,6)7/h8-17,23-24,27-30,33-34H,18-22H2,1-7H3,(H2,42,48)(H,43,52)(H,44,54)(H,45,53)(H,46,51)(H,47,55)(H,49,50)(H,56,57)/t28-,29-,30-,33-,34-/m0/s1. The van der Waals surface area contributed by atoms with Gasteiger partial charge in [-0.3, -0.25) is 33.6 Å². The molecule has 0 heterocycles. The number of primary amides is 1. The van der Waals surface area contributed by atoms with Gasteiger partial charge in [0.05, 0.1) is 12.8 Å². The first kappa shape index (κ1) is 47.4. The average molecular weight is 795 g/mol. The number of aliphatic carboxylic acids is 2. The summed E-state index contributed by atoms with van der Waals surface area (Å²) in [6.45, 7) is 11.9. The molecule has 9 N–H and O–H groups in total. The van der Waals surface area contributed by atoms with Crippen LogP contribution in [0.15, 0.2) is 60.7 Å². The van der Waals surface area contributed by atoms with Crippen LogP contribution in [-0.4, -0.2) is 87.8 Å². The highest BCUT2D eigenvalue weighted by Crippen LogP contribution is 2.21.